The molecule has 0 aliphatic heterocycles. The maximum atomic E-state index is 11.9. The summed E-state index contributed by atoms with van der Waals surface area (Å²) in [5.74, 6) is 0. The summed E-state index contributed by atoms with van der Waals surface area (Å²) in [5, 5.41) is 8.92. The normalized spacial score (nSPS) is 11.7. The van der Waals surface area contributed by atoms with Gasteiger partial charge in [0.15, 0.2) is 0 Å². The lowest BCUT2D eigenvalue weighted by molar-refractivity contribution is 0.0503. The van der Waals surface area contributed by atoms with Crippen LogP contribution in [0.3, 0.4) is 0 Å². The van der Waals surface area contributed by atoms with Crippen molar-refractivity contribution in [3.8, 4) is 0 Å². The van der Waals surface area contributed by atoms with Crippen molar-refractivity contribution >= 4 is 12.2 Å². The summed E-state index contributed by atoms with van der Waals surface area (Å²) in [7, 11) is 0. The molecule has 0 spiro atoms. The molecule has 9 nitrogen and oxygen atoms in total. The van der Waals surface area contributed by atoms with Crippen LogP contribution in [0.25, 0.3) is 10.4 Å². The second-order valence-corrected chi connectivity index (χ2v) is 7.24. The second kappa shape index (κ2) is 12.5. The Morgan fingerprint density at radius 1 is 1.18 bits per heavy atom. The number of azide groups is 1. The van der Waals surface area contributed by atoms with Crippen molar-refractivity contribution in [2.75, 3.05) is 13.1 Å². The van der Waals surface area contributed by atoms with Gasteiger partial charge in [-0.2, -0.15) is 0 Å². The Balaban J connectivity index is 2.24. The molecule has 154 valence electrons. The molecule has 0 saturated carbocycles. The van der Waals surface area contributed by atoms with Gasteiger partial charge < -0.3 is 20.1 Å². The van der Waals surface area contributed by atoms with Gasteiger partial charge >= 0.3 is 12.2 Å². The van der Waals surface area contributed by atoms with Crippen LogP contribution in [0.5, 0.6) is 0 Å². The number of amides is 2. The molecule has 1 rings (SSSR count). The Labute approximate surface area is 165 Å². The van der Waals surface area contributed by atoms with Gasteiger partial charge in [-0.25, -0.2) is 9.59 Å². The molecular weight excluding hydrogens is 362 g/mol. The molecule has 1 aromatic rings. The van der Waals surface area contributed by atoms with E-state index in [0.29, 0.717) is 19.4 Å². The van der Waals surface area contributed by atoms with Crippen LogP contribution in [0.2, 0.25) is 0 Å². The van der Waals surface area contributed by atoms with Gasteiger partial charge in [0.1, 0.15) is 12.2 Å². The Morgan fingerprint density at radius 2 is 1.89 bits per heavy atom. The van der Waals surface area contributed by atoms with E-state index in [1.165, 1.54) is 0 Å². The summed E-state index contributed by atoms with van der Waals surface area (Å²) >= 11 is 0. The molecule has 0 bridgehead atoms. The molecule has 28 heavy (non-hydrogen) atoms. The van der Waals surface area contributed by atoms with E-state index >= 15 is 0 Å². The van der Waals surface area contributed by atoms with Gasteiger partial charge in [0.05, 0.1) is 0 Å². The number of rotatable bonds is 10. The Bertz CT molecular complexity index is 654. The van der Waals surface area contributed by atoms with Crippen LogP contribution >= 0.6 is 0 Å². The first kappa shape index (κ1) is 23.1. The molecule has 0 aliphatic carbocycles. The number of hydrogen-bond acceptors (Lipinski definition) is 5. The predicted octanol–water partition coefficient (Wildman–Crippen LogP) is 4.29. The van der Waals surface area contributed by atoms with Gasteiger partial charge in [-0.15, -0.1) is 0 Å². The van der Waals surface area contributed by atoms with Crippen LogP contribution in [0, 0.1) is 0 Å². The molecule has 2 N–H and O–H groups in total. The van der Waals surface area contributed by atoms with E-state index in [1.54, 1.807) is 20.8 Å². The second-order valence-electron chi connectivity index (χ2n) is 7.24. The fourth-order valence-electron chi connectivity index (χ4n) is 2.30. The number of alkyl carbamates (subject to hydrolysis) is 2. The quantitative estimate of drug-likeness (QED) is 0.267. The third-order valence-electron chi connectivity index (χ3n) is 3.55. The number of nitrogens with zero attached hydrogens (tertiary/aromatic N) is 3. The lowest BCUT2D eigenvalue weighted by atomic mass is 10.1. The summed E-state index contributed by atoms with van der Waals surface area (Å²) in [6, 6.07) is 9.11. The van der Waals surface area contributed by atoms with Crippen molar-refractivity contribution in [2.45, 2.75) is 58.3 Å². The number of nitrogens with one attached hydrogen (secondary N) is 2. The Hall–Kier alpha value is -2.93. The van der Waals surface area contributed by atoms with Crippen molar-refractivity contribution in [2.24, 2.45) is 5.11 Å². The SMILES string of the molecule is CC(C)(C)OC(=O)N[C@@H](CCCCNC(=O)OCc1ccccc1)CN=[N+]=[N-]. The molecule has 9 heteroatoms. The maximum absolute atomic E-state index is 11.9. The highest BCUT2D eigenvalue weighted by Gasteiger charge is 2.19. The summed E-state index contributed by atoms with van der Waals surface area (Å²) < 4.78 is 10.3. The lowest BCUT2D eigenvalue weighted by Gasteiger charge is -2.23. The van der Waals surface area contributed by atoms with Crippen LogP contribution in [0.4, 0.5) is 9.59 Å². The van der Waals surface area contributed by atoms with Gasteiger partial charge in [-0.05, 0) is 51.1 Å². The zero-order valence-corrected chi connectivity index (χ0v) is 16.7. The van der Waals surface area contributed by atoms with Crippen LogP contribution in [0.15, 0.2) is 35.4 Å². The summed E-state index contributed by atoms with van der Waals surface area (Å²) in [5.41, 5.74) is 8.82. The molecule has 0 fully saturated rings. The summed E-state index contributed by atoms with van der Waals surface area (Å²) in [6.45, 7) is 6.14. The number of hydrogen-bond donors (Lipinski definition) is 2. The average molecular weight is 391 g/mol. The summed E-state index contributed by atoms with van der Waals surface area (Å²) in [4.78, 5) is 26.3. The first-order valence-electron chi connectivity index (χ1n) is 9.25. The minimum atomic E-state index is -0.600. The molecule has 0 radical (unpaired) electrons. The minimum absolute atomic E-state index is 0.141. The third kappa shape index (κ3) is 11.6. The lowest BCUT2D eigenvalue weighted by Crippen LogP contribution is -2.40. The monoisotopic (exact) mass is 391 g/mol. The van der Waals surface area contributed by atoms with Crippen molar-refractivity contribution < 1.29 is 19.1 Å². The number of carbonyl (C=O) groups excluding carboxylic acids is 2. The first-order valence-corrected chi connectivity index (χ1v) is 9.25. The maximum Gasteiger partial charge on any atom is 0.407 e. The number of ether oxygens (including phenoxy) is 2. The van der Waals surface area contributed by atoms with Crippen molar-refractivity contribution in [1.29, 1.82) is 0 Å². The molecule has 0 saturated heterocycles. The largest absolute Gasteiger partial charge is 0.445 e. The zero-order valence-electron chi connectivity index (χ0n) is 16.7. The predicted molar refractivity (Wildman–Crippen MR) is 106 cm³/mol. The van der Waals surface area contributed by atoms with Crippen molar-refractivity contribution in [3.05, 3.63) is 46.3 Å². The minimum Gasteiger partial charge on any atom is -0.445 e. The van der Waals surface area contributed by atoms with E-state index < -0.39 is 17.8 Å². The highest BCUT2D eigenvalue weighted by molar-refractivity contribution is 5.68. The van der Waals surface area contributed by atoms with Crippen molar-refractivity contribution in [1.82, 2.24) is 10.6 Å². The topological polar surface area (TPSA) is 125 Å². The molecule has 1 atom stereocenters. The molecule has 1 aromatic carbocycles. The molecule has 2 amide bonds. The first-order chi connectivity index (χ1) is 13.3. The van der Waals surface area contributed by atoms with Crippen LogP contribution in [-0.4, -0.2) is 36.9 Å². The van der Waals surface area contributed by atoms with Crippen molar-refractivity contribution in [3.63, 3.8) is 0 Å². The van der Waals surface area contributed by atoms with Crippen LogP contribution < -0.4 is 10.6 Å². The Kier molecular flexibility index (Phi) is 10.3. The molecule has 0 heterocycles. The highest BCUT2D eigenvalue weighted by atomic mass is 16.6. The molecule has 0 unspecified atom stereocenters. The van der Waals surface area contributed by atoms with E-state index in [0.717, 1.165) is 12.0 Å². The smallest absolute Gasteiger partial charge is 0.407 e. The molecular formula is C19H29N5O4. The Morgan fingerprint density at radius 3 is 2.54 bits per heavy atom. The van der Waals surface area contributed by atoms with Gasteiger partial charge in [-0.3, -0.25) is 0 Å². The fraction of sp³-hybridized carbons (Fsp3) is 0.579. The number of carbonyl (C=O) groups is 2. The van der Waals surface area contributed by atoms with Gasteiger partial charge in [0, 0.05) is 24.0 Å². The van der Waals surface area contributed by atoms with E-state index in [-0.39, 0.29) is 19.2 Å². The van der Waals surface area contributed by atoms with E-state index in [4.69, 9.17) is 15.0 Å². The fourth-order valence-corrected chi connectivity index (χ4v) is 2.30. The zero-order chi connectivity index (χ0) is 20.8. The van der Waals surface area contributed by atoms with Gasteiger partial charge in [-0.1, -0.05) is 35.4 Å². The van der Waals surface area contributed by atoms with Gasteiger partial charge in [0.25, 0.3) is 0 Å². The highest BCUT2D eigenvalue weighted by Crippen LogP contribution is 2.08. The van der Waals surface area contributed by atoms with E-state index in [1.807, 2.05) is 30.3 Å². The van der Waals surface area contributed by atoms with E-state index in [9.17, 15) is 9.59 Å². The third-order valence-corrected chi connectivity index (χ3v) is 3.55. The van der Waals surface area contributed by atoms with Gasteiger partial charge in [0.2, 0.25) is 0 Å². The van der Waals surface area contributed by atoms with Crippen LogP contribution in [-0.2, 0) is 16.1 Å². The summed E-state index contributed by atoms with van der Waals surface area (Å²) in [6.07, 6.45) is 0.998. The number of benzene rings is 1. The molecule has 0 aliphatic rings. The average Bonchev–Trinajstić information content (AvgIpc) is 2.63. The van der Waals surface area contributed by atoms with Crippen LogP contribution in [0.1, 0.15) is 45.6 Å². The number of unbranched alkanes of at least 4 members (excludes halogenated alkanes) is 1. The standard InChI is InChI=1S/C19H29N5O4/c1-19(2,3)28-18(26)23-16(13-22-24-20)11-7-8-12-21-17(25)27-14-15-9-5-4-6-10-15/h4-6,9-10,16H,7-8,11-14H2,1-3H3,(H,21,25)(H,23,26)/t16-/m0/s1. The van der Waals surface area contributed by atoms with E-state index in [2.05, 4.69) is 20.7 Å². The molecule has 0 aromatic heterocycles.